The van der Waals surface area contributed by atoms with Gasteiger partial charge in [0, 0.05) is 5.02 Å². The number of carbonyl (C=O) groups excluding carboxylic acids is 1. The smallest absolute Gasteiger partial charge is 0.241 e. The number of nitrogens with one attached hydrogen (secondary N) is 1. The first-order valence-electron chi connectivity index (χ1n) is 9.30. The number of halogens is 1. The lowest BCUT2D eigenvalue weighted by molar-refractivity contribution is -0.120. The molecule has 0 radical (unpaired) electrons. The van der Waals surface area contributed by atoms with Crippen LogP contribution >= 0.6 is 11.6 Å². The molecule has 0 aliphatic heterocycles. The molecule has 1 aliphatic rings. The number of aryl methyl sites for hydroxylation is 3. The highest BCUT2D eigenvalue weighted by Gasteiger charge is 2.23. The lowest BCUT2D eigenvalue weighted by Crippen LogP contribution is -2.41. The van der Waals surface area contributed by atoms with Gasteiger partial charge in [-0.15, -0.1) is 0 Å². The zero-order chi connectivity index (χ0) is 20.5. The third-order valence-corrected chi connectivity index (χ3v) is 6.48. The second kappa shape index (κ2) is 8.13. The minimum Gasteiger partial charge on any atom is -0.348 e. The van der Waals surface area contributed by atoms with Crippen LogP contribution in [-0.2, 0) is 27.7 Å². The number of fused-ring (bicyclic) bond motifs is 1. The summed E-state index contributed by atoms with van der Waals surface area (Å²) in [6.07, 6.45) is 4.45. The molecule has 0 aromatic heterocycles. The fraction of sp³-hybridized carbons (Fsp3) is 0.381. The number of hydrogen-bond donors (Lipinski definition) is 1. The van der Waals surface area contributed by atoms with Crippen molar-refractivity contribution in [1.29, 1.82) is 0 Å². The first kappa shape index (κ1) is 20.7. The van der Waals surface area contributed by atoms with Gasteiger partial charge in [0.25, 0.3) is 0 Å². The minimum absolute atomic E-state index is 0.203. The van der Waals surface area contributed by atoms with Crippen molar-refractivity contribution in [3.63, 3.8) is 0 Å². The molecule has 1 N–H and O–H groups in total. The van der Waals surface area contributed by atoms with Crippen LogP contribution in [0.25, 0.3) is 0 Å². The lowest BCUT2D eigenvalue weighted by Gasteiger charge is -2.25. The number of anilines is 1. The van der Waals surface area contributed by atoms with E-state index in [0.717, 1.165) is 29.0 Å². The van der Waals surface area contributed by atoms with E-state index in [0.29, 0.717) is 16.3 Å². The molecular formula is C21H25ClN2O3S. The molecule has 0 fully saturated rings. The maximum atomic E-state index is 12.6. The van der Waals surface area contributed by atoms with E-state index in [-0.39, 0.29) is 18.5 Å². The Bertz CT molecular complexity index is 1000. The Hall–Kier alpha value is -2.05. The average molecular weight is 421 g/mol. The van der Waals surface area contributed by atoms with Gasteiger partial charge in [0.1, 0.15) is 6.54 Å². The summed E-state index contributed by atoms with van der Waals surface area (Å²) in [6.45, 7) is 3.40. The second-order valence-electron chi connectivity index (χ2n) is 7.37. The minimum atomic E-state index is -3.63. The van der Waals surface area contributed by atoms with Crippen molar-refractivity contribution >= 4 is 33.2 Å². The van der Waals surface area contributed by atoms with Gasteiger partial charge in [-0.3, -0.25) is 9.10 Å². The number of carbonyl (C=O) groups is 1. The third-order valence-electron chi connectivity index (χ3n) is 5.12. The molecule has 28 heavy (non-hydrogen) atoms. The molecule has 0 heterocycles. The quantitative estimate of drug-likeness (QED) is 0.773. The summed E-state index contributed by atoms with van der Waals surface area (Å²) in [7, 11) is -3.63. The number of nitrogens with zero attached hydrogens (tertiary/aromatic N) is 1. The highest BCUT2D eigenvalue weighted by molar-refractivity contribution is 7.92. The van der Waals surface area contributed by atoms with Crippen molar-refractivity contribution in [1.82, 2.24) is 5.32 Å². The maximum Gasteiger partial charge on any atom is 0.241 e. The van der Waals surface area contributed by atoms with E-state index in [9.17, 15) is 13.2 Å². The van der Waals surface area contributed by atoms with Crippen LogP contribution in [0.2, 0.25) is 5.02 Å². The van der Waals surface area contributed by atoms with Crippen molar-refractivity contribution < 1.29 is 13.2 Å². The van der Waals surface area contributed by atoms with E-state index >= 15 is 0 Å². The number of amides is 1. The Balaban J connectivity index is 1.75. The number of sulfonamides is 1. The Morgan fingerprint density at radius 3 is 2.57 bits per heavy atom. The summed E-state index contributed by atoms with van der Waals surface area (Å²) in [6, 6.07) is 11.0. The molecule has 0 spiro atoms. The second-order valence-corrected chi connectivity index (χ2v) is 9.71. The van der Waals surface area contributed by atoms with Gasteiger partial charge in [-0.05, 0) is 73.6 Å². The van der Waals surface area contributed by atoms with Gasteiger partial charge in [0.05, 0.1) is 18.0 Å². The van der Waals surface area contributed by atoms with E-state index < -0.39 is 10.0 Å². The molecular weight excluding hydrogens is 396 g/mol. The van der Waals surface area contributed by atoms with E-state index in [2.05, 4.69) is 17.4 Å². The Kier molecular flexibility index (Phi) is 6.01. The van der Waals surface area contributed by atoms with Crippen LogP contribution in [0.4, 0.5) is 5.69 Å². The first-order valence-corrected chi connectivity index (χ1v) is 11.5. The summed E-state index contributed by atoms with van der Waals surface area (Å²) in [5.41, 5.74) is 4.89. The van der Waals surface area contributed by atoms with Crippen molar-refractivity contribution in [2.24, 2.45) is 0 Å². The molecule has 1 amide bonds. The molecule has 1 atom stereocenters. The molecule has 0 unspecified atom stereocenters. The summed E-state index contributed by atoms with van der Waals surface area (Å²) < 4.78 is 25.7. The van der Waals surface area contributed by atoms with Crippen LogP contribution in [-0.4, -0.2) is 27.1 Å². The molecule has 2 aromatic carbocycles. The van der Waals surface area contributed by atoms with Gasteiger partial charge < -0.3 is 5.32 Å². The molecule has 5 nitrogen and oxygen atoms in total. The maximum absolute atomic E-state index is 12.6. The van der Waals surface area contributed by atoms with Gasteiger partial charge in [-0.1, -0.05) is 29.8 Å². The highest BCUT2D eigenvalue weighted by atomic mass is 35.5. The monoisotopic (exact) mass is 420 g/mol. The van der Waals surface area contributed by atoms with Crippen LogP contribution in [0.15, 0.2) is 36.4 Å². The van der Waals surface area contributed by atoms with Gasteiger partial charge >= 0.3 is 0 Å². The molecule has 0 saturated heterocycles. The zero-order valence-electron chi connectivity index (χ0n) is 16.3. The molecule has 1 aliphatic carbocycles. The fourth-order valence-corrected chi connectivity index (χ4v) is 4.78. The van der Waals surface area contributed by atoms with Crippen LogP contribution in [0, 0.1) is 6.92 Å². The summed E-state index contributed by atoms with van der Waals surface area (Å²) in [5.74, 6) is -0.354. The molecule has 2 aromatic rings. The number of rotatable bonds is 6. The van der Waals surface area contributed by atoms with Gasteiger partial charge in [0.15, 0.2) is 0 Å². The molecule has 7 heteroatoms. The van der Waals surface area contributed by atoms with Crippen LogP contribution in [0.3, 0.4) is 0 Å². The number of hydrogen-bond acceptors (Lipinski definition) is 3. The lowest BCUT2D eigenvalue weighted by atomic mass is 10.0. The first-order chi connectivity index (χ1) is 13.1. The summed E-state index contributed by atoms with van der Waals surface area (Å²) >= 11 is 5.97. The number of benzene rings is 2. The van der Waals surface area contributed by atoms with Crippen LogP contribution in [0.1, 0.15) is 41.6 Å². The van der Waals surface area contributed by atoms with E-state index in [1.54, 1.807) is 25.1 Å². The molecule has 0 saturated carbocycles. The van der Waals surface area contributed by atoms with E-state index in [4.69, 9.17) is 11.6 Å². The van der Waals surface area contributed by atoms with Crippen molar-refractivity contribution in [3.8, 4) is 0 Å². The fourth-order valence-electron chi connectivity index (χ4n) is 3.64. The normalized spacial score (nSPS) is 14.4. The Labute approximate surface area is 171 Å². The Morgan fingerprint density at radius 1 is 1.18 bits per heavy atom. The summed E-state index contributed by atoms with van der Waals surface area (Å²) in [4.78, 5) is 12.6. The van der Waals surface area contributed by atoms with Crippen molar-refractivity contribution in [2.75, 3.05) is 17.1 Å². The zero-order valence-corrected chi connectivity index (χ0v) is 17.9. The topological polar surface area (TPSA) is 66.5 Å². The van der Waals surface area contributed by atoms with Crippen molar-refractivity contribution in [3.05, 3.63) is 63.7 Å². The van der Waals surface area contributed by atoms with Gasteiger partial charge in [0.2, 0.25) is 15.9 Å². The van der Waals surface area contributed by atoms with Gasteiger partial charge in [-0.2, -0.15) is 0 Å². The van der Waals surface area contributed by atoms with Crippen molar-refractivity contribution in [2.45, 2.75) is 39.2 Å². The highest BCUT2D eigenvalue weighted by Crippen LogP contribution is 2.27. The van der Waals surface area contributed by atoms with Gasteiger partial charge in [-0.25, -0.2) is 8.42 Å². The molecule has 0 bridgehead atoms. The van der Waals surface area contributed by atoms with E-state index in [1.807, 2.05) is 13.0 Å². The predicted molar refractivity (Wildman–Crippen MR) is 113 cm³/mol. The van der Waals surface area contributed by atoms with Crippen LogP contribution in [0.5, 0.6) is 0 Å². The Morgan fingerprint density at radius 2 is 1.89 bits per heavy atom. The SMILES string of the molecule is Cc1cc(Cl)ccc1N(CC(=O)N[C@H](C)c1ccc2c(c1)CCC2)S(C)(=O)=O. The molecule has 150 valence electrons. The molecule has 3 rings (SSSR count). The largest absolute Gasteiger partial charge is 0.348 e. The average Bonchev–Trinajstić information content (AvgIpc) is 3.07. The third kappa shape index (κ3) is 4.67. The van der Waals surface area contributed by atoms with E-state index in [1.165, 1.54) is 17.5 Å². The summed E-state index contributed by atoms with van der Waals surface area (Å²) in [5, 5.41) is 3.44. The van der Waals surface area contributed by atoms with Crippen LogP contribution < -0.4 is 9.62 Å². The predicted octanol–water partition coefficient (Wildman–Crippen LogP) is 3.78. The standard InChI is InChI=1S/C21H25ClN2O3S/c1-14-11-19(22)9-10-20(14)24(28(3,26)27)13-21(25)23-15(2)17-8-7-16-5-4-6-18(16)12-17/h7-12,15H,4-6,13H2,1-3H3,(H,23,25)/t15-/m1/s1.